The minimum Gasteiger partial charge on any atom is -0.398 e. The second-order valence-corrected chi connectivity index (χ2v) is 24.6. The minimum atomic E-state index is -0.975. The first-order valence-corrected chi connectivity index (χ1v) is 30.9. The van der Waals surface area contributed by atoms with E-state index in [4.69, 9.17) is 145 Å². The summed E-state index contributed by atoms with van der Waals surface area (Å²) in [5.74, 6) is -0.200. The number of fused-ring (bicyclic) bond motifs is 5. The molecule has 6 aromatic carbocycles. The van der Waals surface area contributed by atoms with Gasteiger partial charge in [0.15, 0.2) is 29.0 Å². The van der Waals surface area contributed by atoms with E-state index >= 15 is 0 Å². The zero-order valence-corrected chi connectivity index (χ0v) is 57.5. The summed E-state index contributed by atoms with van der Waals surface area (Å²) >= 11 is 63.6. The number of amides is 2. The summed E-state index contributed by atoms with van der Waals surface area (Å²) in [6.07, 6.45) is 3.23. The van der Waals surface area contributed by atoms with E-state index in [1.807, 2.05) is 44.2 Å². The molecule has 7 aromatic heterocycles. The summed E-state index contributed by atoms with van der Waals surface area (Å²) < 4.78 is 3.51. The molecule has 0 aliphatic carbocycles. The second kappa shape index (κ2) is 30.3. The maximum Gasteiger partial charge on any atom is 0.283 e. The Morgan fingerprint density at radius 3 is 1.32 bits per heavy atom. The lowest BCUT2D eigenvalue weighted by Gasteiger charge is -2.08. The molecule has 2 amide bonds. The quantitative estimate of drug-likeness (QED) is 0.0544. The van der Waals surface area contributed by atoms with Gasteiger partial charge in [0.1, 0.15) is 29.4 Å². The summed E-state index contributed by atoms with van der Waals surface area (Å²) in [5, 5.41) is 6.93. The van der Waals surface area contributed by atoms with E-state index in [1.165, 1.54) is 18.5 Å². The molecule has 0 saturated heterocycles. The Labute approximate surface area is 588 Å². The van der Waals surface area contributed by atoms with Crippen molar-refractivity contribution in [1.82, 2.24) is 58.6 Å². The number of nitrogens with one attached hydrogen (secondary N) is 6. The molecular formula is C56H39Br2Cl10N19O6. The van der Waals surface area contributed by atoms with Gasteiger partial charge in [-0.25, -0.2) is 29.9 Å². The highest BCUT2D eigenvalue weighted by Crippen LogP contribution is 2.31. The van der Waals surface area contributed by atoms with Gasteiger partial charge in [-0.1, -0.05) is 137 Å². The number of benzene rings is 6. The highest BCUT2D eigenvalue weighted by Gasteiger charge is 2.25. The molecule has 7 heterocycles. The number of nitrogens with zero attached hydrogens (tertiary/aromatic N) is 8. The monoisotopic (exact) mass is 1580 g/mol. The van der Waals surface area contributed by atoms with Gasteiger partial charge in [0, 0.05) is 20.3 Å². The molecule has 0 aliphatic rings. The topological polar surface area (TPSA) is 406 Å². The standard InChI is InChI=1S/C19H13BrCl2N6O2.C10H2Cl2N4O4.C7H8BrN.2C7H5Cl2N3.C6H6Cl2N2/c1-8-2-3-9(20)4-12(8)25-17(29)15-16(24-7-23-15)18(30)28-19-26-13-5-10(21)11(22)6-14(13)27-19;11-7(17)3-5-10(20)16-2-14-4(8(12)18)6(16)9(19)15(5)1-13-3;1-5-2-3-6(8)4-7(5)9;2*8-3-1-5-6(2-4(3)9)12-7(10)11-5;7-3-1-5(9)6(10)2-4(3)8/h2-7H,1H3,(H,23,24)(H,25,29)(H2,26,27,28,30);1-2H;2-4H,9H2,1H3;2*1-2H,(H3,10,11,12);1-2H,9-10H2. The minimum absolute atomic E-state index is 0.00308. The van der Waals surface area contributed by atoms with Crippen LogP contribution in [0.1, 0.15) is 53.1 Å². The zero-order chi connectivity index (χ0) is 68.0. The lowest BCUT2D eigenvalue weighted by molar-refractivity contribution is 0.0985. The average Bonchev–Trinajstić information content (AvgIpc) is 1.60. The van der Waals surface area contributed by atoms with Crippen LogP contribution in [0, 0.1) is 13.8 Å². The van der Waals surface area contributed by atoms with E-state index < -0.39 is 33.4 Å². The Balaban J connectivity index is 0.000000153. The van der Waals surface area contributed by atoms with Gasteiger partial charge < -0.3 is 53.9 Å². The van der Waals surface area contributed by atoms with Crippen molar-refractivity contribution in [3.63, 3.8) is 0 Å². The molecule has 25 nitrogen and oxygen atoms in total. The molecule has 0 bridgehead atoms. The second-order valence-electron chi connectivity index (χ2n) is 18.9. The van der Waals surface area contributed by atoms with Crippen LogP contribution >= 0.6 is 148 Å². The number of carbonyl (C=O) groups is 4. The van der Waals surface area contributed by atoms with Gasteiger partial charge in [-0.05, 0) is 121 Å². The Morgan fingerprint density at radius 1 is 0.473 bits per heavy atom. The first-order valence-electron chi connectivity index (χ1n) is 25.5. The fourth-order valence-corrected chi connectivity index (χ4v) is 10.3. The molecular weight excluding hydrogens is 1550 g/mol. The molecule has 93 heavy (non-hydrogen) atoms. The summed E-state index contributed by atoms with van der Waals surface area (Å²) in [5.41, 5.74) is 33.0. The van der Waals surface area contributed by atoms with E-state index in [0.717, 1.165) is 69.3 Å². The van der Waals surface area contributed by atoms with Gasteiger partial charge in [0.25, 0.3) is 33.4 Å². The maximum atomic E-state index is 12.7. The summed E-state index contributed by atoms with van der Waals surface area (Å²) in [4.78, 5) is 107. The number of hydrogen-bond donors (Lipinski definition) is 11. The van der Waals surface area contributed by atoms with Gasteiger partial charge >= 0.3 is 0 Å². The van der Waals surface area contributed by atoms with Crippen molar-refractivity contribution in [2.75, 3.05) is 39.3 Å². The third kappa shape index (κ3) is 17.0. The van der Waals surface area contributed by atoms with Crippen molar-refractivity contribution in [3.05, 3.63) is 208 Å². The SMILES string of the molecule is Cc1ccc(Br)cc1N.Cc1ccc(Br)cc1NC(=O)c1nc[nH]c1C(=O)Nc1nc2cc(Cl)c(Cl)cc2[nH]1.Nc1cc(Cl)c(Cl)cc1N.Nc1nc2cc(Cl)c(Cl)cc2[nH]1.Nc1nc2cc(Cl)c(Cl)cc2[nH]1.O=C(Cl)c1ncn2c(=O)c3c(C(=O)Cl)ncn3c(=O)c12. The Kier molecular flexibility index (Phi) is 23.0. The number of H-pyrrole nitrogens is 4. The van der Waals surface area contributed by atoms with Gasteiger partial charge in [-0.2, -0.15) is 0 Å². The van der Waals surface area contributed by atoms with E-state index in [9.17, 15) is 28.8 Å². The smallest absolute Gasteiger partial charge is 0.283 e. The van der Waals surface area contributed by atoms with Crippen LogP contribution in [0.2, 0.25) is 40.2 Å². The van der Waals surface area contributed by atoms with E-state index in [2.05, 4.69) is 92.3 Å². The maximum absolute atomic E-state index is 12.7. The molecule has 37 heteroatoms. The number of halogens is 12. The predicted octanol–water partition coefficient (Wildman–Crippen LogP) is 14.5. The van der Waals surface area contributed by atoms with Crippen molar-refractivity contribution in [1.29, 1.82) is 0 Å². The molecule has 0 atom stereocenters. The summed E-state index contributed by atoms with van der Waals surface area (Å²) in [6.45, 7) is 3.85. The number of nitrogen functional groups attached to an aromatic ring is 5. The highest BCUT2D eigenvalue weighted by molar-refractivity contribution is 9.10. The largest absolute Gasteiger partial charge is 0.398 e. The molecule has 0 fully saturated rings. The summed E-state index contributed by atoms with van der Waals surface area (Å²) in [7, 11) is 0. The van der Waals surface area contributed by atoms with Crippen molar-refractivity contribution in [3.8, 4) is 0 Å². The van der Waals surface area contributed by atoms with E-state index in [1.54, 1.807) is 42.5 Å². The number of carbonyl (C=O) groups excluding carboxylic acids is 4. The van der Waals surface area contributed by atoms with Crippen LogP contribution in [0.25, 0.3) is 44.1 Å². The van der Waals surface area contributed by atoms with Gasteiger partial charge in [0.2, 0.25) is 5.95 Å². The first-order chi connectivity index (χ1) is 43.9. The van der Waals surface area contributed by atoms with Crippen molar-refractivity contribution >= 4 is 255 Å². The third-order valence-electron chi connectivity index (χ3n) is 12.5. The number of rotatable bonds is 6. The molecule has 0 radical (unpaired) electrons. The zero-order valence-electron chi connectivity index (χ0n) is 46.8. The van der Waals surface area contributed by atoms with Crippen LogP contribution in [-0.2, 0) is 0 Å². The molecule has 13 aromatic rings. The van der Waals surface area contributed by atoms with Crippen LogP contribution in [0.3, 0.4) is 0 Å². The Morgan fingerprint density at radius 2 is 0.882 bits per heavy atom. The van der Waals surface area contributed by atoms with Crippen LogP contribution in [0.4, 0.5) is 40.6 Å². The first kappa shape index (κ1) is 70.7. The molecule has 16 N–H and O–H groups in total. The molecule has 0 saturated carbocycles. The number of aromatic amines is 4. The molecule has 0 unspecified atom stereocenters. The third-order valence-corrected chi connectivity index (χ3v) is 16.7. The lowest BCUT2D eigenvalue weighted by Crippen LogP contribution is -2.26. The van der Waals surface area contributed by atoms with Crippen LogP contribution in [0.15, 0.2) is 122 Å². The fraction of sp³-hybridized carbons (Fsp3) is 0.0357. The number of hydrogen-bond acceptors (Lipinski definition) is 17. The normalized spacial score (nSPS) is 10.7. The van der Waals surface area contributed by atoms with E-state index in [0.29, 0.717) is 80.2 Å². The summed E-state index contributed by atoms with van der Waals surface area (Å²) in [6, 6.07) is 24.3. The number of aryl methyl sites for hydroxylation is 2. The number of nitrogens with two attached hydrogens (primary N) is 5. The lowest BCUT2D eigenvalue weighted by atomic mass is 10.2. The molecule has 0 spiro atoms. The van der Waals surface area contributed by atoms with E-state index in [-0.39, 0.29) is 39.8 Å². The Hall–Kier alpha value is -8.16. The molecule has 478 valence electrons. The van der Waals surface area contributed by atoms with Crippen LogP contribution in [0.5, 0.6) is 0 Å². The van der Waals surface area contributed by atoms with Crippen molar-refractivity contribution in [2.45, 2.75) is 13.8 Å². The average molecular weight is 1590 g/mol. The van der Waals surface area contributed by atoms with Gasteiger partial charge in [0.05, 0.1) is 91.0 Å². The number of aromatic nitrogens is 12. The Bertz CT molecular complexity index is 4860. The molecule has 13 rings (SSSR count). The number of imidazole rings is 6. The van der Waals surface area contributed by atoms with Gasteiger partial charge in [-0.3, -0.25) is 42.9 Å². The van der Waals surface area contributed by atoms with Crippen molar-refractivity contribution in [2.24, 2.45) is 0 Å². The van der Waals surface area contributed by atoms with Crippen LogP contribution < -0.4 is 50.4 Å². The van der Waals surface area contributed by atoms with Gasteiger partial charge in [-0.15, -0.1) is 0 Å². The molecule has 0 aliphatic heterocycles. The van der Waals surface area contributed by atoms with Crippen LogP contribution in [-0.4, -0.2) is 80.9 Å². The highest BCUT2D eigenvalue weighted by atomic mass is 79.9. The fourth-order valence-electron chi connectivity index (χ4n) is 7.95. The number of anilines is 7. The van der Waals surface area contributed by atoms with Crippen molar-refractivity contribution < 1.29 is 19.2 Å². The predicted molar refractivity (Wildman–Crippen MR) is 377 cm³/mol.